The molecule has 2 N–H and O–H groups in total. The van der Waals surface area contributed by atoms with Crippen molar-refractivity contribution in [2.75, 3.05) is 13.1 Å². The molecule has 0 bridgehead atoms. The van der Waals surface area contributed by atoms with Crippen molar-refractivity contribution < 1.29 is 4.79 Å². The van der Waals surface area contributed by atoms with Crippen LogP contribution in [0.2, 0.25) is 0 Å². The summed E-state index contributed by atoms with van der Waals surface area (Å²) < 4.78 is 0. The summed E-state index contributed by atoms with van der Waals surface area (Å²) >= 11 is 0. The topological polar surface area (TPSA) is 41.1 Å². The van der Waals surface area contributed by atoms with Crippen molar-refractivity contribution in [3.63, 3.8) is 0 Å². The maximum Gasteiger partial charge on any atom is 0.236 e. The molecule has 0 aromatic rings. The molecule has 1 unspecified atom stereocenters. The molecule has 1 aliphatic rings. The van der Waals surface area contributed by atoms with Crippen LogP contribution >= 0.6 is 0 Å². The molecular weight excluding hydrogens is 248 g/mol. The van der Waals surface area contributed by atoms with Crippen molar-refractivity contribution in [3.8, 4) is 0 Å². The minimum absolute atomic E-state index is 0.0564. The molecular formula is C17H34N2O. The lowest BCUT2D eigenvalue weighted by molar-refractivity contribution is -0.122. The summed E-state index contributed by atoms with van der Waals surface area (Å²) in [5.74, 6) is 1.95. The van der Waals surface area contributed by atoms with E-state index in [0.717, 1.165) is 31.3 Å². The summed E-state index contributed by atoms with van der Waals surface area (Å²) in [6.07, 6.45) is 10.2. The van der Waals surface area contributed by atoms with Crippen LogP contribution < -0.4 is 10.6 Å². The molecule has 1 amide bonds. The first-order valence-corrected chi connectivity index (χ1v) is 8.64. The fourth-order valence-corrected chi connectivity index (χ4v) is 2.95. The molecule has 0 aliphatic heterocycles. The van der Waals surface area contributed by atoms with E-state index in [9.17, 15) is 4.79 Å². The molecule has 0 saturated heterocycles. The second-order valence-electron chi connectivity index (χ2n) is 6.59. The van der Waals surface area contributed by atoms with E-state index in [0.29, 0.717) is 0 Å². The standard InChI is InChI=1S/C17H34N2O/c1-4-5-6-12-19-17(20)15(3)18-13-11-16-9-7-14(2)8-10-16/h14-16,18H,4-13H2,1-3H3,(H,19,20). The van der Waals surface area contributed by atoms with Crippen LogP contribution in [0.25, 0.3) is 0 Å². The van der Waals surface area contributed by atoms with E-state index in [1.807, 2.05) is 6.92 Å². The molecule has 1 aliphatic carbocycles. The number of hydrogen-bond donors (Lipinski definition) is 2. The molecule has 1 rings (SSSR count). The third kappa shape index (κ3) is 7.28. The first-order valence-electron chi connectivity index (χ1n) is 8.64. The molecule has 0 spiro atoms. The van der Waals surface area contributed by atoms with E-state index in [4.69, 9.17) is 0 Å². The van der Waals surface area contributed by atoms with Crippen LogP contribution in [-0.2, 0) is 4.79 Å². The van der Waals surface area contributed by atoms with Gasteiger partial charge in [0.2, 0.25) is 5.91 Å². The average molecular weight is 282 g/mol. The first kappa shape index (κ1) is 17.5. The zero-order valence-corrected chi connectivity index (χ0v) is 13.7. The van der Waals surface area contributed by atoms with Crippen LogP contribution in [0.4, 0.5) is 0 Å². The molecule has 20 heavy (non-hydrogen) atoms. The number of nitrogens with one attached hydrogen (secondary N) is 2. The highest BCUT2D eigenvalue weighted by atomic mass is 16.2. The summed E-state index contributed by atoms with van der Waals surface area (Å²) in [5.41, 5.74) is 0. The van der Waals surface area contributed by atoms with Gasteiger partial charge in [-0.25, -0.2) is 0 Å². The lowest BCUT2D eigenvalue weighted by atomic mass is 9.81. The molecule has 1 atom stereocenters. The maximum absolute atomic E-state index is 11.9. The van der Waals surface area contributed by atoms with E-state index < -0.39 is 0 Å². The molecule has 0 radical (unpaired) electrons. The number of hydrogen-bond acceptors (Lipinski definition) is 2. The lowest BCUT2D eigenvalue weighted by Gasteiger charge is -2.26. The normalized spacial score (nSPS) is 24.4. The molecule has 1 fully saturated rings. The predicted molar refractivity (Wildman–Crippen MR) is 85.7 cm³/mol. The Morgan fingerprint density at radius 3 is 2.50 bits per heavy atom. The molecule has 3 heteroatoms. The Bertz CT molecular complexity index is 260. The van der Waals surface area contributed by atoms with Gasteiger partial charge in [0, 0.05) is 6.54 Å². The molecule has 0 aromatic carbocycles. The van der Waals surface area contributed by atoms with Crippen molar-refractivity contribution in [2.24, 2.45) is 11.8 Å². The molecule has 3 nitrogen and oxygen atoms in total. The highest BCUT2D eigenvalue weighted by molar-refractivity contribution is 5.81. The van der Waals surface area contributed by atoms with Gasteiger partial charge in [-0.3, -0.25) is 4.79 Å². The lowest BCUT2D eigenvalue weighted by Crippen LogP contribution is -2.43. The molecule has 0 aromatic heterocycles. The van der Waals surface area contributed by atoms with Gasteiger partial charge in [0.1, 0.15) is 0 Å². The highest BCUT2D eigenvalue weighted by Gasteiger charge is 2.18. The smallest absolute Gasteiger partial charge is 0.236 e. The third-order valence-corrected chi connectivity index (χ3v) is 4.61. The van der Waals surface area contributed by atoms with Crippen molar-refractivity contribution in [2.45, 2.75) is 78.2 Å². The summed E-state index contributed by atoms with van der Waals surface area (Å²) in [5, 5.41) is 6.38. The van der Waals surface area contributed by atoms with Crippen molar-refractivity contribution in [1.82, 2.24) is 10.6 Å². The second-order valence-corrected chi connectivity index (χ2v) is 6.59. The van der Waals surface area contributed by atoms with Gasteiger partial charge < -0.3 is 10.6 Å². The summed E-state index contributed by atoms with van der Waals surface area (Å²) in [4.78, 5) is 11.9. The SMILES string of the molecule is CCCCCNC(=O)C(C)NCCC1CCC(C)CC1. The minimum atomic E-state index is -0.0564. The first-order chi connectivity index (χ1) is 9.63. The largest absolute Gasteiger partial charge is 0.355 e. The molecule has 1 saturated carbocycles. The monoisotopic (exact) mass is 282 g/mol. The summed E-state index contributed by atoms with van der Waals surface area (Å²) in [7, 11) is 0. The number of carbonyl (C=O) groups excluding carboxylic acids is 1. The molecule has 118 valence electrons. The van der Waals surface area contributed by atoms with Crippen LogP contribution in [0.1, 0.15) is 72.1 Å². The van der Waals surface area contributed by atoms with E-state index in [1.165, 1.54) is 44.9 Å². The Morgan fingerprint density at radius 1 is 1.15 bits per heavy atom. The number of amides is 1. The van der Waals surface area contributed by atoms with Gasteiger partial charge in [0.15, 0.2) is 0 Å². The van der Waals surface area contributed by atoms with Crippen LogP contribution in [0.15, 0.2) is 0 Å². The summed E-state index contributed by atoms with van der Waals surface area (Å²) in [6, 6.07) is -0.0564. The Labute approximate surface area is 125 Å². The quantitative estimate of drug-likeness (QED) is 0.636. The van der Waals surface area contributed by atoms with Crippen molar-refractivity contribution >= 4 is 5.91 Å². The minimum Gasteiger partial charge on any atom is -0.355 e. The highest BCUT2D eigenvalue weighted by Crippen LogP contribution is 2.29. The number of rotatable bonds is 9. The van der Waals surface area contributed by atoms with Gasteiger partial charge in [-0.1, -0.05) is 52.4 Å². The number of carbonyl (C=O) groups is 1. The van der Waals surface area contributed by atoms with Gasteiger partial charge in [-0.2, -0.15) is 0 Å². The van der Waals surface area contributed by atoms with Gasteiger partial charge in [-0.05, 0) is 38.1 Å². The maximum atomic E-state index is 11.9. The third-order valence-electron chi connectivity index (χ3n) is 4.61. The van der Waals surface area contributed by atoms with E-state index >= 15 is 0 Å². The Morgan fingerprint density at radius 2 is 1.85 bits per heavy atom. The van der Waals surface area contributed by atoms with Crippen LogP contribution in [0.5, 0.6) is 0 Å². The van der Waals surface area contributed by atoms with Crippen LogP contribution in [-0.4, -0.2) is 25.0 Å². The van der Waals surface area contributed by atoms with Crippen molar-refractivity contribution in [1.29, 1.82) is 0 Å². The Balaban J connectivity index is 2.04. The Hall–Kier alpha value is -0.570. The zero-order chi connectivity index (χ0) is 14.8. The van der Waals surface area contributed by atoms with Gasteiger partial charge in [0.25, 0.3) is 0 Å². The number of unbranched alkanes of at least 4 members (excludes halogenated alkanes) is 2. The van der Waals surface area contributed by atoms with Crippen molar-refractivity contribution in [3.05, 3.63) is 0 Å². The van der Waals surface area contributed by atoms with Crippen LogP contribution in [0, 0.1) is 11.8 Å². The predicted octanol–water partition coefficient (Wildman–Crippen LogP) is 3.49. The fraction of sp³-hybridized carbons (Fsp3) is 0.941. The second kappa shape index (κ2) is 10.2. The van der Waals surface area contributed by atoms with E-state index in [-0.39, 0.29) is 11.9 Å². The fourth-order valence-electron chi connectivity index (χ4n) is 2.95. The van der Waals surface area contributed by atoms with Gasteiger partial charge in [-0.15, -0.1) is 0 Å². The van der Waals surface area contributed by atoms with E-state index in [2.05, 4.69) is 24.5 Å². The van der Waals surface area contributed by atoms with Gasteiger partial charge in [0.05, 0.1) is 6.04 Å². The van der Waals surface area contributed by atoms with Crippen LogP contribution in [0.3, 0.4) is 0 Å². The summed E-state index contributed by atoms with van der Waals surface area (Å²) in [6.45, 7) is 8.30. The zero-order valence-electron chi connectivity index (χ0n) is 13.7. The molecule has 0 heterocycles. The van der Waals surface area contributed by atoms with E-state index in [1.54, 1.807) is 0 Å². The van der Waals surface area contributed by atoms with Gasteiger partial charge >= 0.3 is 0 Å². The average Bonchev–Trinajstić information content (AvgIpc) is 2.45. The Kier molecular flexibility index (Phi) is 8.92.